The van der Waals surface area contributed by atoms with Gasteiger partial charge in [-0.3, -0.25) is 0 Å². The van der Waals surface area contributed by atoms with Gasteiger partial charge in [0.2, 0.25) is 0 Å². The van der Waals surface area contributed by atoms with Crippen LogP contribution in [0, 0.1) is 6.92 Å². The zero-order chi connectivity index (χ0) is 21.7. The lowest BCUT2D eigenvalue weighted by Gasteiger charge is -2.14. The van der Waals surface area contributed by atoms with Gasteiger partial charge in [-0.15, -0.1) is 0 Å². The van der Waals surface area contributed by atoms with E-state index >= 15 is 0 Å². The molecule has 0 aliphatic carbocycles. The highest BCUT2D eigenvalue weighted by Gasteiger charge is 2.21. The molecule has 156 valence electrons. The van der Waals surface area contributed by atoms with Crippen LogP contribution in [0.25, 0.3) is 11.1 Å². The molecule has 0 aromatic heterocycles. The van der Waals surface area contributed by atoms with Crippen molar-refractivity contribution >= 4 is 15.8 Å². The van der Waals surface area contributed by atoms with E-state index in [1.165, 1.54) is 18.2 Å². The van der Waals surface area contributed by atoms with Crippen LogP contribution >= 0.6 is 0 Å². The van der Waals surface area contributed by atoms with Crippen molar-refractivity contribution in [3.63, 3.8) is 0 Å². The lowest BCUT2D eigenvalue weighted by molar-refractivity contribution is 0.0693. The first kappa shape index (κ1) is 21.4. The van der Waals surface area contributed by atoms with Gasteiger partial charge in [-0.2, -0.15) is 0 Å². The Morgan fingerprint density at radius 3 is 2.43 bits per heavy atom. The molecule has 0 amide bonds. The van der Waals surface area contributed by atoms with Gasteiger partial charge in [-0.1, -0.05) is 42.5 Å². The fraction of sp³-hybridized carbons (Fsp3) is 0.174. The molecule has 7 heteroatoms. The van der Waals surface area contributed by atoms with E-state index in [9.17, 15) is 18.3 Å². The summed E-state index contributed by atoms with van der Waals surface area (Å²) in [6, 6.07) is 18.5. The summed E-state index contributed by atoms with van der Waals surface area (Å²) in [4.78, 5) is 11.4. The lowest BCUT2D eigenvalue weighted by Crippen LogP contribution is -2.12. The summed E-state index contributed by atoms with van der Waals surface area (Å²) in [5.41, 5.74) is 2.15. The van der Waals surface area contributed by atoms with Gasteiger partial charge < -0.3 is 14.9 Å². The summed E-state index contributed by atoms with van der Waals surface area (Å²) in [7, 11) is -3.56. The van der Waals surface area contributed by atoms with E-state index in [-0.39, 0.29) is 40.7 Å². The van der Waals surface area contributed by atoms with Crippen molar-refractivity contribution in [3.05, 3.63) is 77.9 Å². The van der Waals surface area contributed by atoms with Crippen molar-refractivity contribution in [2.75, 3.05) is 12.4 Å². The predicted molar refractivity (Wildman–Crippen MR) is 114 cm³/mol. The number of sulfone groups is 1. The maximum atomic E-state index is 13.0. The summed E-state index contributed by atoms with van der Waals surface area (Å²) >= 11 is 0. The fourth-order valence-corrected chi connectivity index (χ4v) is 4.79. The molecule has 0 spiro atoms. The smallest absolute Gasteiger partial charge is 0.339 e. The average Bonchev–Trinajstić information content (AvgIpc) is 2.72. The molecule has 3 aromatic carbocycles. The van der Waals surface area contributed by atoms with Crippen LogP contribution in [0.15, 0.2) is 71.6 Å². The number of benzene rings is 3. The number of hydrogen-bond donors (Lipinski definition) is 2. The third-order valence-corrected chi connectivity index (χ3v) is 6.49. The molecule has 6 nitrogen and oxygen atoms in total. The molecule has 0 aliphatic heterocycles. The van der Waals surface area contributed by atoms with Gasteiger partial charge in [0.25, 0.3) is 0 Å². The average molecular weight is 426 g/mol. The van der Waals surface area contributed by atoms with Crippen molar-refractivity contribution in [2.24, 2.45) is 0 Å². The molecule has 3 aromatic rings. The Bertz CT molecular complexity index is 1150. The van der Waals surface area contributed by atoms with E-state index in [1.54, 1.807) is 12.1 Å². The summed E-state index contributed by atoms with van der Waals surface area (Å²) in [5, 5.41) is 18.6. The number of phenols is 1. The summed E-state index contributed by atoms with van der Waals surface area (Å²) in [6.07, 6.45) is 0.230. The van der Waals surface area contributed by atoms with E-state index in [4.69, 9.17) is 9.84 Å². The molecular formula is C23H22O6S. The second-order valence-electron chi connectivity index (χ2n) is 6.82. The number of rotatable bonds is 8. The van der Waals surface area contributed by atoms with Crippen LogP contribution in [-0.2, 0) is 9.84 Å². The molecule has 0 unspecified atom stereocenters. The highest BCUT2D eigenvalue weighted by atomic mass is 32.2. The topological polar surface area (TPSA) is 101 Å². The molecule has 0 aliphatic rings. The maximum Gasteiger partial charge on any atom is 0.339 e. The molecule has 2 N–H and O–H groups in total. The number of ether oxygens (including phenoxy) is 1. The monoisotopic (exact) mass is 426 g/mol. The van der Waals surface area contributed by atoms with Gasteiger partial charge in [-0.25, -0.2) is 13.2 Å². The molecule has 0 bridgehead atoms. The Morgan fingerprint density at radius 2 is 1.73 bits per heavy atom. The second-order valence-corrected chi connectivity index (χ2v) is 8.90. The van der Waals surface area contributed by atoms with E-state index in [1.807, 2.05) is 43.3 Å². The van der Waals surface area contributed by atoms with Crippen LogP contribution in [0.1, 0.15) is 22.3 Å². The Labute approximate surface area is 175 Å². The molecule has 0 fully saturated rings. The molecular weight excluding hydrogens is 404 g/mol. The number of carboxylic acid groups (broad SMARTS) is 1. The number of aromatic hydroxyl groups is 1. The minimum absolute atomic E-state index is 0.0928. The first-order chi connectivity index (χ1) is 14.3. The van der Waals surface area contributed by atoms with Gasteiger partial charge in [0, 0.05) is 5.56 Å². The molecule has 0 saturated carbocycles. The van der Waals surface area contributed by atoms with Gasteiger partial charge in [0.15, 0.2) is 9.84 Å². The van der Waals surface area contributed by atoms with Crippen molar-refractivity contribution in [3.8, 4) is 22.6 Å². The number of aromatic carboxylic acids is 1. The quantitative estimate of drug-likeness (QED) is 0.521. The minimum Gasteiger partial charge on any atom is -0.507 e. The molecule has 0 atom stereocenters. The molecule has 30 heavy (non-hydrogen) atoms. The Morgan fingerprint density at radius 1 is 1.00 bits per heavy atom. The highest BCUT2D eigenvalue weighted by molar-refractivity contribution is 7.91. The molecule has 0 heterocycles. The van der Waals surface area contributed by atoms with Crippen molar-refractivity contribution in [2.45, 2.75) is 18.2 Å². The number of aryl methyl sites for hydroxylation is 1. The van der Waals surface area contributed by atoms with Crippen molar-refractivity contribution in [1.82, 2.24) is 0 Å². The zero-order valence-corrected chi connectivity index (χ0v) is 17.2. The Kier molecular flexibility index (Phi) is 6.42. The first-order valence-corrected chi connectivity index (χ1v) is 11.0. The number of carboxylic acids is 1. The largest absolute Gasteiger partial charge is 0.507 e. The standard InChI is InChI=1S/C23H22O6S/c1-16-7-5-10-21(22(16)17-8-3-2-4-9-17)30(27,28)14-6-13-29-18-11-12-20(24)19(15-18)23(25)26/h2-5,7-12,15,24H,6,13-14H2,1H3,(H,25,26). The number of hydrogen-bond acceptors (Lipinski definition) is 5. The van der Waals surface area contributed by atoms with Crippen molar-refractivity contribution < 1.29 is 28.2 Å². The molecule has 0 saturated heterocycles. The van der Waals surface area contributed by atoms with Gasteiger partial charge in [0.1, 0.15) is 17.1 Å². The van der Waals surface area contributed by atoms with Crippen LogP contribution in [-0.4, -0.2) is 37.0 Å². The van der Waals surface area contributed by atoms with Crippen LogP contribution in [0.2, 0.25) is 0 Å². The molecule has 0 radical (unpaired) electrons. The van der Waals surface area contributed by atoms with Gasteiger partial charge in [0.05, 0.1) is 17.3 Å². The van der Waals surface area contributed by atoms with E-state index in [0.717, 1.165) is 11.1 Å². The van der Waals surface area contributed by atoms with E-state index in [0.29, 0.717) is 5.56 Å². The Hall–Kier alpha value is -3.32. The normalized spacial score (nSPS) is 11.2. The second kappa shape index (κ2) is 9.00. The zero-order valence-electron chi connectivity index (χ0n) is 16.4. The summed E-state index contributed by atoms with van der Waals surface area (Å²) in [5.74, 6) is -1.48. The van der Waals surface area contributed by atoms with Crippen LogP contribution in [0.3, 0.4) is 0 Å². The van der Waals surface area contributed by atoms with Crippen molar-refractivity contribution in [1.29, 1.82) is 0 Å². The van der Waals surface area contributed by atoms with E-state index < -0.39 is 15.8 Å². The predicted octanol–water partition coefficient (Wildman–Crippen LogP) is 4.31. The Balaban J connectivity index is 1.72. The fourth-order valence-electron chi connectivity index (χ4n) is 3.20. The van der Waals surface area contributed by atoms with Crippen LogP contribution in [0.5, 0.6) is 11.5 Å². The maximum absolute atomic E-state index is 13.0. The van der Waals surface area contributed by atoms with Gasteiger partial charge >= 0.3 is 5.97 Å². The third-order valence-electron chi connectivity index (χ3n) is 4.66. The third kappa shape index (κ3) is 4.80. The minimum atomic E-state index is -3.56. The lowest BCUT2D eigenvalue weighted by atomic mass is 10.0. The number of carbonyl (C=O) groups is 1. The van der Waals surface area contributed by atoms with Gasteiger partial charge in [-0.05, 0) is 48.7 Å². The first-order valence-electron chi connectivity index (χ1n) is 9.36. The molecule has 3 rings (SSSR count). The van der Waals surface area contributed by atoms with Crippen LogP contribution in [0.4, 0.5) is 0 Å². The van der Waals surface area contributed by atoms with E-state index in [2.05, 4.69) is 0 Å². The van der Waals surface area contributed by atoms with Crippen LogP contribution < -0.4 is 4.74 Å². The highest BCUT2D eigenvalue weighted by Crippen LogP contribution is 2.31. The summed E-state index contributed by atoms with van der Waals surface area (Å²) < 4.78 is 31.5. The summed E-state index contributed by atoms with van der Waals surface area (Å²) in [6.45, 7) is 1.98. The SMILES string of the molecule is Cc1cccc(S(=O)(=O)CCCOc2ccc(O)c(C(=O)O)c2)c1-c1ccccc1.